The average molecular weight is 409 g/mol. The van der Waals surface area contributed by atoms with Gasteiger partial charge >= 0.3 is 0 Å². The summed E-state index contributed by atoms with van der Waals surface area (Å²) in [4.78, 5) is 12.8. The maximum absolute atomic E-state index is 12.8. The lowest BCUT2D eigenvalue weighted by Gasteiger charge is -2.12. The Morgan fingerprint density at radius 1 is 0.613 bits per heavy atom. The van der Waals surface area contributed by atoms with E-state index in [4.69, 9.17) is 9.47 Å². The Morgan fingerprint density at radius 2 is 1.16 bits per heavy atom. The van der Waals surface area contributed by atoms with Gasteiger partial charge in [-0.25, -0.2) is 0 Å². The van der Waals surface area contributed by atoms with Gasteiger partial charge in [0.15, 0.2) is 0 Å². The van der Waals surface area contributed by atoms with Crippen LogP contribution in [-0.2, 0) is 13.2 Å². The van der Waals surface area contributed by atoms with Crippen LogP contribution in [0.25, 0.3) is 0 Å². The summed E-state index contributed by atoms with van der Waals surface area (Å²) in [7, 11) is 0. The molecule has 1 amide bonds. The molecule has 0 aliphatic carbocycles. The molecule has 0 spiro atoms. The third-order valence-corrected chi connectivity index (χ3v) is 4.73. The highest BCUT2D eigenvalue weighted by Crippen LogP contribution is 2.22. The zero-order valence-electron chi connectivity index (χ0n) is 17.0. The fraction of sp³-hybridized carbons (Fsp3) is 0.0741. The number of nitrogens with one attached hydrogen (secondary N) is 1. The zero-order chi connectivity index (χ0) is 21.3. The van der Waals surface area contributed by atoms with E-state index in [1.807, 2.05) is 97.1 Å². The molecule has 0 aromatic heterocycles. The van der Waals surface area contributed by atoms with Gasteiger partial charge in [-0.3, -0.25) is 4.79 Å². The molecule has 0 fully saturated rings. The molecule has 4 aromatic carbocycles. The molecule has 0 bridgehead atoms. The Balaban J connectivity index is 1.37. The van der Waals surface area contributed by atoms with Crippen molar-refractivity contribution in [3.63, 3.8) is 0 Å². The van der Waals surface area contributed by atoms with Crippen molar-refractivity contribution in [3.8, 4) is 11.5 Å². The Hall–Kier alpha value is -4.05. The zero-order valence-corrected chi connectivity index (χ0v) is 17.0. The molecule has 0 aliphatic heterocycles. The highest BCUT2D eigenvalue weighted by molar-refractivity contribution is 6.06. The minimum Gasteiger partial charge on any atom is -0.489 e. The number of hydrogen-bond donors (Lipinski definition) is 1. The maximum Gasteiger partial charge on any atom is 0.259 e. The second kappa shape index (κ2) is 10.1. The first-order chi connectivity index (χ1) is 15.3. The van der Waals surface area contributed by atoms with Gasteiger partial charge in [0, 0.05) is 5.69 Å². The molecule has 0 unspecified atom stereocenters. The molecule has 0 aliphatic rings. The summed E-state index contributed by atoms with van der Waals surface area (Å²) in [6.07, 6.45) is 0. The number of hydrogen-bond acceptors (Lipinski definition) is 3. The van der Waals surface area contributed by atoms with Gasteiger partial charge in [0.2, 0.25) is 0 Å². The van der Waals surface area contributed by atoms with E-state index in [1.54, 1.807) is 12.1 Å². The quantitative estimate of drug-likeness (QED) is 0.383. The van der Waals surface area contributed by atoms with Crippen LogP contribution in [0.5, 0.6) is 11.5 Å². The number of para-hydroxylation sites is 1. The minimum atomic E-state index is -0.221. The first-order valence-electron chi connectivity index (χ1n) is 10.1. The van der Waals surface area contributed by atoms with Crippen molar-refractivity contribution in [3.05, 3.63) is 126 Å². The third kappa shape index (κ3) is 5.73. The van der Waals surface area contributed by atoms with Crippen LogP contribution in [0.1, 0.15) is 21.5 Å². The second-order valence-corrected chi connectivity index (χ2v) is 7.02. The summed E-state index contributed by atoms with van der Waals surface area (Å²) in [5.41, 5.74) is 3.33. The number of ether oxygens (including phenoxy) is 2. The van der Waals surface area contributed by atoms with Crippen molar-refractivity contribution in [2.24, 2.45) is 0 Å². The van der Waals surface area contributed by atoms with E-state index in [2.05, 4.69) is 5.32 Å². The van der Waals surface area contributed by atoms with Crippen molar-refractivity contribution < 1.29 is 14.3 Å². The van der Waals surface area contributed by atoms with Crippen molar-refractivity contribution in [2.45, 2.75) is 13.2 Å². The molecule has 4 nitrogen and oxygen atoms in total. The smallest absolute Gasteiger partial charge is 0.259 e. The third-order valence-electron chi connectivity index (χ3n) is 4.73. The molecular weight excluding hydrogens is 386 g/mol. The van der Waals surface area contributed by atoms with Gasteiger partial charge < -0.3 is 14.8 Å². The van der Waals surface area contributed by atoms with Crippen LogP contribution in [0.3, 0.4) is 0 Å². The van der Waals surface area contributed by atoms with E-state index >= 15 is 0 Å². The van der Waals surface area contributed by atoms with Crippen LogP contribution in [0, 0.1) is 0 Å². The Labute approximate surface area is 182 Å². The van der Waals surface area contributed by atoms with Crippen molar-refractivity contribution in [1.82, 2.24) is 0 Å². The molecule has 0 atom stereocenters. The largest absolute Gasteiger partial charge is 0.489 e. The molecule has 0 heterocycles. The number of anilines is 1. The monoisotopic (exact) mass is 409 g/mol. The van der Waals surface area contributed by atoms with E-state index in [-0.39, 0.29) is 5.91 Å². The van der Waals surface area contributed by atoms with Crippen molar-refractivity contribution >= 4 is 11.6 Å². The molecule has 0 radical (unpaired) electrons. The first kappa shape index (κ1) is 20.2. The van der Waals surface area contributed by atoms with Crippen LogP contribution in [0.4, 0.5) is 5.69 Å². The topological polar surface area (TPSA) is 47.6 Å². The summed E-state index contributed by atoms with van der Waals surface area (Å²) in [6, 6.07) is 34.4. The fourth-order valence-electron chi connectivity index (χ4n) is 3.09. The van der Waals surface area contributed by atoms with Gasteiger partial charge in [0.05, 0.1) is 5.56 Å². The van der Waals surface area contributed by atoms with Crippen molar-refractivity contribution in [1.29, 1.82) is 0 Å². The number of amides is 1. The molecule has 154 valence electrons. The summed E-state index contributed by atoms with van der Waals surface area (Å²) in [5.74, 6) is 1.07. The average Bonchev–Trinajstić information content (AvgIpc) is 2.84. The lowest BCUT2D eigenvalue weighted by atomic mass is 10.1. The minimum absolute atomic E-state index is 0.221. The summed E-state index contributed by atoms with van der Waals surface area (Å²) in [5, 5.41) is 2.92. The molecule has 4 heteroatoms. The second-order valence-electron chi connectivity index (χ2n) is 7.02. The standard InChI is InChI=1S/C27H23NO3/c29-27(25-13-7-8-14-26(25)31-20-22-11-5-2-6-12-22)28-23-15-17-24(18-16-23)30-19-21-9-3-1-4-10-21/h1-18H,19-20H2,(H,28,29). The van der Waals surface area contributed by atoms with E-state index in [1.165, 1.54) is 0 Å². The van der Waals surface area contributed by atoms with Gasteiger partial charge in [0.1, 0.15) is 24.7 Å². The van der Waals surface area contributed by atoms with Crippen LogP contribution in [0.2, 0.25) is 0 Å². The van der Waals surface area contributed by atoms with Gasteiger partial charge in [0.25, 0.3) is 5.91 Å². The number of carbonyl (C=O) groups excluding carboxylic acids is 1. The first-order valence-corrected chi connectivity index (χ1v) is 10.1. The fourth-order valence-corrected chi connectivity index (χ4v) is 3.09. The highest BCUT2D eigenvalue weighted by atomic mass is 16.5. The van der Waals surface area contributed by atoms with Crippen LogP contribution in [-0.4, -0.2) is 5.91 Å². The maximum atomic E-state index is 12.8. The summed E-state index contributed by atoms with van der Waals surface area (Å²) < 4.78 is 11.7. The molecule has 1 N–H and O–H groups in total. The van der Waals surface area contributed by atoms with E-state index < -0.39 is 0 Å². The number of rotatable bonds is 8. The Morgan fingerprint density at radius 3 is 1.81 bits per heavy atom. The lowest BCUT2D eigenvalue weighted by Crippen LogP contribution is -2.13. The van der Waals surface area contributed by atoms with Crippen molar-refractivity contribution in [2.75, 3.05) is 5.32 Å². The summed E-state index contributed by atoms with van der Waals surface area (Å²) >= 11 is 0. The highest BCUT2D eigenvalue weighted by Gasteiger charge is 2.12. The molecule has 0 saturated heterocycles. The Kier molecular flexibility index (Phi) is 6.61. The normalized spacial score (nSPS) is 10.3. The predicted molar refractivity (Wildman–Crippen MR) is 122 cm³/mol. The molecule has 4 aromatic rings. The number of benzene rings is 4. The number of carbonyl (C=O) groups is 1. The van der Waals surface area contributed by atoms with E-state index in [0.717, 1.165) is 16.9 Å². The molecule has 0 saturated carbocycles. The SMILES string of the molecule is O=C(Nc1ccc(OCc2ccccc2)cc1)c1ccccc1OCc1ccccc1. The van der Waals surface area contributed by atoms with Gasteiger partial charge in [-0.1, -0.05) is 72.8 Å². The van der Waals surface area contributed by atoms with Gasteiger partial charge in [-0.2, -0.15) is 0 Å². The van der Waals surface area contributed by atoms with Crippen LogP contribution in [0.15, 0.2) is 109 Å². The summed E-state index contributed by atoms with van der Waals surface area (Å²) in [6.45, 7) is 0.900. The van der Waals surface area contributed by atoms with Crippen LogP contribution < -0.4 is 14.8 Å². The molecule has 4 rings (SSSR count). The lowest BCUT2D eigenvalue weighted by molar-refractivity contribution is 0.102. The van der Waals surface area contributed by atoms with Crippen LogP contribution >= 0.6 is 0 Å². The molecule has 31 heavy (non-hydrogen) atoms. The molecular formula is C27H23NO3. The van der Waals surface area contributed by atoms with E-state index in [9.17, 15) is 4.79 Å². The van der Waals surface area contributed by atoms with Gasteiger partial charge in [-0.15, -0.1) is 0 Å². The van der Waals surface area contributed by atoms with E-state index in [0.29, 0.717) is 30.2 Å². The van der Waals surface area contributed by atoms with Gasteiger partial charge in [-0.05, 0) is 47.5 Å². The predicted octanol–water partition coefficient (Wildman–Crippen LogP) is 6.10. The Bertz CT molecular complexity index is 1110.